The SMILES string of the molecule is CCCC(C)(C(Cc1ccccc1)(NS(=O)(=O)c1ccc2c(c1)CCO2)C(N)=O)S(=O)(=O)Cc1cncs1. The van der Waals surface area contributed by atoms with Crippen molar-refractivity contribution in [1.82, 2.24) is 9.71 Å². The van der Waals surface area contributed by atoms with Crippen LogP contribution in [0.4, 0.5) is 0 Å². The number of hydrogen-bond acceptors (Lipinski definition) is 8. The number of sulfone groups is 1. The van der Waals surface area contributed by atoms with Gasteiger partial charge in [0, 0.05) is 23.9 Å². The lowest BCUT2D eigenvalue weighted by Crippen LogP contribution is -2.73. The number of nitrogens with zero attached hydrogens (tertiary/aromatic N) is 1. The van der Waals surface area contributed by atoms with E-state index in [4.69, 9.17) is 10.5 Å². The molecule has 0 spiro atoms. The first kappa shape index (κ1) is 28.2. The van der Waals surface area contributed by atoms with Gasteiger partial charge in [0.2, 0.25) is 15.9 Å². The van der Waals surface area contributed by atoms with Crippen molar-refractivity contribution >= 4 is 37.1 Å². The molecule has 0 saturated carbocycles. The van der Waals surface area contributed by atoms with Crippen molar-refractivity contribution in [2.24, 2.45) is 5.73 Å². The molecule has 204 valence electrons. The van der Waals surface area contributed by atoms with Crippen molar-refractivity contribution in [3.63, 3.8) is 0 Å². The number of rotatable bonds is 12. The van der Waals surface area contributed by atoms with E-state index in [9.17, 15) is 21.6 Å². The predicted molar refractivity (Wildman–Crippen MR) is 146 cm³/mol. The van der Waals surface area contributed by atoms with E-state index in [1.54, 1.807) is 43.3 Å². The van der Waals surface area contributed by atoms with Crippen LogP contribution in [0, 0.1) is 0 Å². The first-order chi connectivity index (χ1) is 17.9. The highest BCUT2D eigenvalue weighted by atomic mass is 32.2. The van der Waals surface area contributed by atoms with Gasteiger partial charge in [0.1, 0.15) is 11.3 Å². The maximum absolute atomic E-state index is 14.1. The molecule has 3 aromatic rings. The normalized spacial score (nSPS) is 16.7. The van der Waals surface area contributed by atoms with Crippen LogP contribution in [0.3, 0.4) is 0 Å². The van der Waals surface area contributed by atoms with E-state index in [1.807, 2.05) is 0 Å². The van der Waals surface area contributed by atoms with E-state index < -0.39 is 41.8 Å². The standard InChI is InChI=1S/C26H31N3O6S3/c1-3-12-25(2,37(31,32)17-21-16-28-18-36-21)26(24(27)30,15-19-7-5-4-6-8-19)29-38(33,34)22-9-10-23-20(14-22)11-13-35-23/h4-10,14,16,18,29H,3,11-13,15,17H2,1-2H3,(H2,27,30). The van der Waals surface area contributed by atoms with E-state index in [0.717, 1.165) is 5.56 Å². The Labute approximate surface area is 227 Å². The number of benzene rings is 2. The quantitative estimate of drug-likeness (QED) is 0.337. The van der Waals surface area contributed by atoms with Crippen molar-refractivity contribution in [3.8, 4) is 5.75 Å². The molecule has 3 N–H and O–H groups in total. The molecule has 12 heteroatoms. The summed E-state index contributed by atoms with van der Waals surface area (Å²) >= 11 is 1.17. The van der Waals surface area contributed by atoms with E-state index in [1.165, 1.54) is 42.1 Å². The Morgan fingerprint density at radius 1 is 1.16 bits per heavy atom. The molecule has 2 atom stereocenters. The number of carbonyl (C=O) groups excluding carboxylic acids is 1. The summed E-state index contributed by atoms with van der Waals surface area (Å²) in [6.07, 6.45) is 2.09. The molecule has 1 aliphatic rings. The third kappa shape index (κ3) is 5.22. The summed E-state index contributed by atoms with van der Waals surface area (Å²) in [5.41, 5.74) is 6.62. The average molecular weight is 578 g/mol. The number of carbonyl (C=O) groups is 1. The molecular formula is C26H31N3O6S3. The number of aromatic nitrogens is 1. The molecule has 1 aliphatic heterocycles. The molecule has 0 fully saturated rings. The summed E-state index contributed by atoms with van der Waals surface area (Å²) in [4.78, 5) is 17.8. The number of nitrogens with one attached hydrogen (secondary N) is 1. The minimum atomic E-state index is -4.41. The highest BCUT2D eigenvalue weighted by molar-refractivity contribution is 7.92. The first-order valence-corrected chi connectivity index (χ1v) is 16.2. The van der Waals surface area contributed by atoms with Crippen molar-refractivity contribution in [2.45, 2.75) is 60.5 Å². The first-order valence-electron chi connectivity index (χ1n) is 12.2. The van der Waals surface area contributed by atoms with E-state index in [-0.39, 0.29) is 17.7 Å². The number of sulfonamides is 1. The predicted octanol–water partition coefficient (Wildman–Crippen LogP) is 3.00. The van der Waals surface area contributed by atoms with Crippen molar-refractivity contribution in [3.05, 3.63) is 76.2 Å². The summed E-state index contributed by atoms with van der Waals surface area (Å²) in [5.74, 6) is -0.883. The van der Waals surface area contributed by atoms with Crippen LogP contribution in [0.25, 0.3) is 0 Å². The summed E-state index contributed by atoms with van der Waals surface area (Å²) < 4.78 is 62.2. The third-order valence-electron chi connectivity index (χ3n) is 7.14. The maximum Gasteiger partial charge on any atom is 0.241 e. The van der Waals surface area contributed by atoms with Crippen LogP contribution in [0.15, 0.2) is 65.1 Å². The second-order valence-corrected chi connectivity index (χ2v) is 14.7. The second-order valence-electron chi connectivity index (χ2n) is 9.61. The Morgan fingerprint density at radius 3 is 2.53 bits per heavy atom. The number of amides is 1. The van der Waals surface area contributed by atoms with Gasteiger partial charge in [-0.1, -0.05) is 43.7 Å². The highest BCUT2D eigenvalue weighted by Crippen LogP contribution is 2.41. The van der Waals surface area contributed by atoms with Gasteiger partial charge in [-0.3, -0.25) is 9.78 Å². The summed E-state index contributed by atoms with van der Waals surface area (Å²) in [7, 11) is -8.58. The molecule has 0 aliphatic carbocycles. The van der Waals surface area contributed by atoms with Gasteiger partial charge in [-0.05, 0) is 42.7 Å². The van der Waals surface area contributed by atoms with Gasteiger partial charge >= 0.3 is 0 Å². The van der Waals surface area contributed by atoms with Gasteiger partial charge in [0.05, 0.1) is 27.5 Å². The molecule has 2 aromatic carbocycles. The zero-order chi connectivity index (χ0) is 27.6. The zero-order valence-corrected chi connectivity index (χ0v) is 23.7. The Morgan fingerprint density at radius 2 is 1.89 bits per heavy atom. The number of fused-ring (bicyclic) bond motifs is 1. The van der Waals surface area contributed by atoms with Gasteiger partial charge in [0.25, 0.3) is 0 Å². The largest absolute Gasteiger partial charge is 0.493 e. The van der Waals surface area contributed by atoms with Crippen LogP contribution in [-0.2, 0) is 43.2 Å². The summed E-state index contributed by atoms with van der Waals surface area (Å²) in [6, 6.07) is 13.1. The van der Waals surface area contributed by atoms with Gasteiger partial charge < -0.3 is 10.5 Å². The summed E-state index contributed by atoms with van der Waals surface area (Å²) in [6.45, 7) is 3.64. The fourth-order valence-corrected chi connectivity index (χ4v) is 9.76. The van der Waals surface area contributed by atoms with Crippen LogP contribution in [0.5, 0.6) is 5.75 Å². The van der Waals surface area contributed by atoms with Gasteiger partial charge in [-0.2, -0.15) is 4.72 Å². The molecule has 4 rings (SSSR count). The minimum Gasteiger partial charge on any atom is -0.493 e. The molecule has 1 amide bonds. The van der Waals surface area contributed by atoms with Crippen LogP contribution in [0.2, 0.25) is 0 Å². The second kappa shape index (κ2) is 10.8. The monoisotopic (exact) mass is 577 g/mol. The van der Waals surface area contributed by atoms with Crippen molar-refractivity contribution in [1.29, 1.82) is 0 Å². The Balaban J connectivity index is 1.90. The highest BCUT2D eigenvalue weighted by Gasteiger charge is 2.61. The molecular weight excluding hydrogens is 547 g/mol. The van der Waals surface area contributed by atoms with Gasteiger partial charge in [0.15, 0.2) is 9.84 Å². The fraction of sp³-hybridized carbons (Fsp3) is 0.385. The zero-order valence-electron chi connectivity index (χ0n) is 21.2. The Kier molecular flexibility index (Phi) is 7.99. The number of ether oxygens (including phenoxy) is 1. The van der Waals surface area contributed by atoms with Gasteiger partial charge in [-0.15, -0.1) is 11.3 Å². The third-order valence-corrected chi connectivity index (χ3v) is 12.2. The number of hydrogen-bond donors (Lipinski definition) is 2. The number of nitrogens with two attached hydrogens (primary N) is 1. The van der Waals surface area contributed by atoms with E-state index >= 15 is 0 Å². The maximum atomic E-state index is 14.1. The lowest BCUT2D eigenvalue weighted by atomic mass is 9.77. The average Bonchev–Trinajstić information content (AvgIpc) is 3.55. The lowest BCUT2D eigenvalue weighted by Gasteiger charge is -2.46. The molecule has 2 heterocycles. The molecule has 0 saturated heterocycles. The van der Waals surface area contributed by atoms with E-state index in [2.05, 4.69) is 9.71 Å². The molecule has 2 unspecified atom stereocenters. The van der Waals surface area contributed by atoms with E-state index in [0.29, 0.717) is 35.6 Å². The molecule has 38 heavy (non-hydrogen) atoms. The smallest absolute Gasteiger partial charge is 0.241 e. The van der Waals surface area contributed by atoms with Crippen LogP contribution in [-0.4, -0.2) is 44.6 Å². The number of thiazole rings is 1. The molecule has 1 aromatic heterocycles. The molecule has 0 bridgehead atoms. The summed E-state index contributed by atoms with van der Waals surface area (Å²) in [5, 5.41) is 0. The molecule has 9 nitrogen and oxygen atoms in total. The van der Waals surface area contributed by atoms with Crippen molar-refractivity contribution < 1.29 is 26.4 Å². The molecule has 0 radical (unpaired) electrons. The Bertz CT molecular complexity index is 1510. The Hall–Kier alpha value is -2.80. The van der Waals surface area contributed by atoms with Crippen LogP contribution < -0.4 is 15.2 Å². The van der Waals surface area contributed by atoms with Crippen molar-refractivity contribution in [2.75, 3.05) is 6.61 Å². The fourth-order valence-electron chi connectivity index (χ4n) is 5.02. The van der Waals surface area contributed by atoms with Crippen LogP contribution in [0.1, 0.15) is 42.7 Å². The topological polar surface area (TPSA) is 146 Å². The minimum absolute atomic E-state index is 0.00947. The van der Waals surface area contributed by atoms with Gasteiger partial charge in [-0.25, -0.2) is 16.8 Å². The number of primary amides is 1. The van der Waals surface area contributed by atoms with Crippen LogP contribution >= 0.6 is 11.3 Å². The lowest BCUT2D eigenvalue weighted by molar-refractivity contribution is -0.125.